The number of aliphatic hydroxyl groups is 2. The molecule has 0 aliphatic rings. The SMILES string of the molecule is CCN.CCNc1ncc(CCO)cc1C.Cc1cc(CCO)cnc1C.[I][V]([I])[I].[I][V][I]. The van der Waals surface area contributed by atoms with Crippen molar-refractivity contribution >= 4 is 106 Å². The summed E-state index contributed by atoms with van der Waals surface area (Å²) in [5, 5.41) is 20.6. The molecule has 2 aromatic heterocycles. The first-order chi connectivity index (χ1) is 16.1. The second kappa shape index (κ2) is 30.3. The fourth-order valence-corrected chi connectivity index (χ4v) is 2.22. The standard InChI is InChI=1S/C10H16N2O.C9H13NO.C2H7N.5HI.2V/c1-3-11-10-8(2)6-9(4-5-13)7-12-10;1-7-5-9(3-4-11)6-10-8(7)2;1-2-3;;;;;;;/h6-7,13H,3-5H2,1-2H3,(H,11,12);5-6,11H,3-4H2,1-2H3;2-3H2,1H3;5*1H;;/q;;;;;;;;+2;+3/p-5. The van der Waals surface area contributed by atoms with Crippen LogP contribution in [0, 0.1) is 20.8 Å². The zero-order valence-electron chi connectivity index (χ0n) is 20.2. The van der Waals surface area contributed by atoms with Gasteiger partial charge in [-0.1, -0.05) is 19.1 Å². The minimum atomic E-state index is -0.278. The number of aryl methyl sites for hydroxylation is 3. The van der Waals surface area contributed by atoms with Gasteiger partial charge >= 0.3 is 114 Å². The van der Waals surface area contributed by atoms with Crippen LogP contribution in [0.1, 0.15) is 41.8 Å². The Morgan fingerprint density at radius 3 is 1.62 bits per heavy atom. The van der Waals surface area contributed by atoms with Crippen molar-refractivity contribution in [3.05, 3.63) is 52.5 Å². The minimum absolute atomic E-state index is 0.182. The van der Waals surface area contributed by atoms with Crippen molar-refractivity contribution in [1.82, 2.24) is 9.97 Å². The Hall–Kier alpha value is 2.80. The molecule has 0 aliphatic carbocycles. The quantitative estimate of drug-likeness (QED) is 0.233. The summed E-state index contributed by atoms with van der Waals surface area (Å²) in [6.45, 7) is 12.0. The molecule has 0 atom stereocenters. The molecule has 13 heteroatoms. The van der Waals surface area contributed by atoms with E-state index in [2.05, 4.69) is 127 Å². The van der Waals surface area contributed by atoms with Gasteiger partial charge in [-0.25, -0.2) is 4.98 Å². The Balaban J connectivity index is -0.000000411. The second-order valence-corrected chi connectivity index (χ2v) is 53.6. The van der Waals surface area contributed by atoms with Gasteiger partial charge in [-0.15, -0.1) is 0 Å². The van der Waals surface area contributed by atoms with Crippen molar-refractivity contribution in [1.29, 1.82) is 0 Å². The van der Waals surface area contributed by atoms with Crippen molar-refractivity contribution in [3.63, 3.8) is 0 Å². The van der Waals surface area contributed by atoms with Crippen LogP contribution in [0.15, 0.2) is 24.5 Å². The Kier molecular flexibility index (Phi) is 36.8. The molecule has 2 heterocycles. The predicted octanol–water partition coefficient (Wildman–Crippen LogP) is 6.98. The molecule has 2 aromatic rings. The molecule has 0 radical (unpaired) electrons. The van der Waals surface area contributed by atoms with Gasteiger partial charge in [-0.2, -0.15) is 0 Å². The molecule has 0 aliphatic heterocycles. The van der Waals surface area contributed by atoms with Gasteiger partial charge in [0.25, 0.3) is 0 Å². The number of hydrogen-bond acceptors (Lipinski definition) is 6. The second-order valence-electron chi connectivity index (χ2n) is 6.40. The number of nitrogens with one attached hydrogen (secondary N) is 1. The first-order valence-electron chi connectivity index (χ1n) is 10.3. The van der Waals surface area contributed by atoms with Gasteiger partial charge < -0.3 is 21.3 Å². The van der Waals surface area contributed by atoms with Gasteiger partial charge in [0.05, 0.1) is 0 Å². The maximum atomic E-state index is 8.74. The zero-order valence-corrected chi connectivity index (χ0v) is 33.8. The normalized spacial score (nSPS) is 9.12. The molecule has 6 nitrogen and oxygen atoms in total. The maximum absolute atomic E-state index is 8.74. The average molecular weight is 1110 g/mol. The third kappa shape index (κ3) is 27.8. The number of nitrogens with two attached hydrogens (primary N) is 1. The van der Waals surface area contributed by atoms with Crippen LogP contribution in [-0.4, -0.2) is 46.5 Å². The van der Waals surface area contributed by atoms with Crippen molar-refractivity contribution in [2.45, 2.75) is 47.5 Å². The van der Waals surface area contributed by atoms with Crippen molar-refractivity contribution < 1.29 is 24.6 Å². The van der Waals surface area contributed by atoms with Crippen LogP contribution in [-0.2, 0) is 27.2 Å². The molecule has 0 unspecified atom stereocenters. The van der Waals surface area contributed by atoms with E-state index in [1.807, 2.05) is 40.8 Å². The molecule has 197 valence electrons. The van der Waals surface area contributed by atoms with E-state index in [1.54, 1.807) is 6.20 Å². The molecule has 0 saturated carbocycles. The van der Waals surface area contributed by atoms with Crippen LogP contribution >= 0.6 is 99.9 Å². The summed E-state index contributed by atoms with van der Waals surface area (Å²) in [6.07, 6.45) is 5.01. The monoisotopic (exact) mass is 1110 g/mol. The van der Waals surface area contributed by atoms with E-state index < -0.39 is 0 Å². The number of aliphatic hydroxyl groups excluding tert-OH is 2. The van der Waals surface area contributed by atoms with E-state index in [0.717, 1.165) is 41.3 Å². The molecule has 0 bridgehead atoms. The number of anilines is 1. The fourth-order valence-electron chi connectivity index (χ4n) is 2.22. The summed E-state index contributed by atoms with van der Waals surface area (Å²) >= 11 is 12.1. The van der Waals surface area contributed by atoms with Crippen LogP contribution in [0.2, 0.25) is 0 Å². The molecule has 0 amide bonds. The van der Waals surface area contributed by atoms with Gasteiger partial charge in [0.15, 0.2) is 0 Å². The number of nitrogens with zero attached hydrogens (tertiary/aromatic N) is 2. The fraction of sp³-hybridized carbons (Fsp3) is 0.524. The van der Waals surface area contributed by atoms with Crippen molar-refractivity contribution in [3.8, 4) is 0 Å². The van der Waals surface area contributed by atoms with E-state index in [1.165, 1.54) is 5.56 Å². The van der Waals surface area contributed by atoms with Gasteiger partial charge in [0.1, 0.15) is 5.82 Å². The number of pyridine rings is 2. The van der Waals surface area contributed by atoms with E-state index >= 15 is 0 Å². The van der Waals surface area contributed by atoms with Crippen LogP contribution in [0.25, 0.3) is 0 Å². The van der Waals surface area contributed by atoms with Crippen LogP contribution in [0.5, 0.6) is 0 Å². The summed E-state index contributed by atoms with van der Waals surface area (Å²) in [5.74, 6) is 0.934. The summed E-state index contributed by atoms with van der Waals surface area (Å²) < 4.78 is 0. The van der Waals surface area contributed by atoms with E-state index in [9.17, 15) is 0 Å². The Morgan fingerprint density at radius 1 is 0.912 bits per heavy atom. The molecule has 0 spiro atoms. The number of halogens is 5. The number of aromatic nitrogens is 2. The molecular formula is C21H36I5N4O2V2. The van der Waals surface area contributed by atoms with E-state index in [0.29, 0.717) is 22.3 Å². The van der Waals surface area contributed by atoms with Crippen molar-refractivity contribution in [2.75, 3.05) is 31.6 Å². The topological polar surface area (TPSA) is 104 Å². The summed E-state index contributed by atoms with van der Waals surface area (Å²) in [4.78, 5) is 8.17. The summed E-state index contributed by atoms with van der Waals surface area (Å²) in [6, 6.07) is 4.12. The molecule has 5 N–H and O–H groups in total. The molecule has 0 fully saturated rings. The zero-order chi connectivity index (χ0) is 26.9. The molecular weight excluding hydrogens is 1080 g/mol. The Labute approximate surface area is 272 Å². The average Bonchev–Trinajstić information content (AvgIpc) is 2.75. The molecule has 0 aromatic carbocycles. The Morgan fingerprint density at radius 2 is 1.29 bits per heavy atom. The van der Waals surface area contributed by atoms with E-state index in [4.69, 9.17) is 15.9 Å². The van der Waals surface area contributed by atoms with Gasteiger partial charge in [-0.3, -0.25) is 4.98 Å². The van der Waals surface area contributed by atoms with E-state index in [-0.39, 0.29) is 18.1 Å². The predicted molar refractivity (Wildman–Crippen MR) is 183 cm³/mol. The van der Waals surface area contributed by atoms with Gasteiger partial charge in [0.2, 0.25) is 0 Å². The van der Waals surface area contributed by atoms with Crippen LogP contribution in [0.4, 0.5) is 5.82 Å². The first kappa shape index (κ1) is 41.3. The number of hydrogen-bond donors (Lipinski definition) is 4. The molecule has 2 rings (SSSR count). The number of rotatable bonds is 6. The molecule has 34 heavy (non-hydrogen) atoms. The van der Waals surface area contributed by atoms with Crippen molar-refractivity contribution in [2.24, 2.45) is 5.73 Å². The molecule has 0 saturated heterocycles. The first-order valence-corrected chi connectivity index (χ1v) is 32.8. The van der Waals surface area contributed by atoms with Crippen LogP contribution < -0.4 is 11.1 Å². The third-order valence-electron chi connectivity index (χ3n) is 3.68. The summed E-state index contributed by atoms with van der Waals surface area (Å²) in [7, 11) is 0.628. The third-order valence-corrected chi connectivity index (χ3v) is 3.68. The Bertz CT molecular complexity index is 731. The van der Waals surface area contributed by atoms with Gasteiger partial charge in [-0.05, 0) is 69.3 Å². The van der Waals surface area contributed by atoms with Gasteiger partial charge in [0, 0.05) is 37.8 Å². The summed E-state index contributed by atoms with van der Waals surface area (Å²) in [5.41, 5.74) is 10.4. The van der Waals surface area contributed by atoms with Crippen LogP contribution in [0.3, 0.4) is 0 Å².